The van der Waals surface area contributed by atoms with Crippen LogP contribution in [0.3, 0.4) is 0 Å². The van der Waals surface area contributed by atoms with Crippen LogP contribution >= 0.6 is 15.9 Å². The predicted octanol–water partition coefficient (Wildman–Crippen LogP) is 4.70. The molecule has 0 bridgehead atoms. The Labute approximate surface area is 112 Å². The van der Waals surface area contributed by atoms with E-state index < -0.39 is 6.36 Å². The third-order valence-corrected chi connectivity index (χ3v) is 3.38. The molecule has 0 atom stereocenters. The van der Waals surface area contributed by atoms with Gasteiger partial charge in [-0.05, 0) is 31.0 Å². The second kappa shape index (κ2) is 5.38. The molecule has 0 radical (unpaired) electrons. The zero-order chi connectivity index (χ0) is 13.2. The van der Waals surface area contributed by atoms with Gasteiger partial charge in [-0.2, -0.15) is 0 Å². The Morgan fingerprint density at radius 1 is 1.22 bits per heavy atom. The molecule has 0 aromatic heterocycles. The van der Waals surface area contributed by atoms with Crippen LogP contribution in [0.5, 0.6) is 5.75 Å². The lowest BCUT2D eigenvalue weighted by Gasteiger charge is -2.18. The van der Waals surface area contributed by atoms with Gasteiger partial charge in [0.15, 0.2) is 5.75 Å². The Hall–Kier alpha value is -0.910. The first-order valence-corrected chi connectivity index (χ1v) is 6.55. The summed E-state index contributed by atoms with van der Waals surface area (Å²) in [6.07, 6.45) is -0.469. The highest BCUT2D eigenvalue weighted by atomic mass is 79.9. The second-order valence-corrected chi connectivity index (χ2v) is 5.23. The highest BCUT2D eigenvalue weighted by Gasteiger charge is 2.32. The molecule has 0 heterocycles. The molecule has 0 saturated heterocycles. The van der Waals surface area contributed by atoms with Crippen LogP contribution in [0.1, 0.15) is 25.7 Å². The SMILES string of the molecule is FC(F)(F)Oc1cc(Br)ccc1NC1CCCC1. The van der Waals surface area contributed by atoms with Crippen molar-refractivity contribution in [3.8, 4) is 5.75 Å². The van der Waals surface area contributed by atoms with Crippen molar-refractivity contribution in [1.29, 1.82) is 0 Å². The predicted molar refractivity (Wildman–Crippen MR) is 66.7 cm³/mol. The van der Waals surface area contributed by atoms with E-state index in [0.717, 1.165) is 25.7 Å². The zero-order valence-electron chi connectivity index (χ0n) is 9.56. The molecule has 1 saturated carbocycles. The zero-order valence-corrected chi connectivity index (χ0v) is 11.1. The minimum absolute atomic E-state index is 0.191. The van der Waals surface area contributed by atoms with E-state index in [1.807, 2.05) is 0 Å². The van der Waals surface area contributed by atoms with E-state index in [2.05, 4.69) is 26.0 Å². The summed E-state index contributed by atoms with van der Waals surface area (Å²) in [5.74, 6) is -0.191. The molecule has 2 nitrogen and oxygen atoms in total. The molecule has 0 unspecified atom stereocenters. The first-order chi connectivity index (χ1) is 8.44. The lowest BCUT2D eigenvalue weighted by atomic mass is 10.2. The average molecular weight is 324 g/mol. The molecule has 1 aromatic rings. The first-order valence-electron chi connectivity index (χ1n) is 5.76. The van der Waals surface area contributed by atoms with Gasteiger partial charge in [-0.25, -0.2) is 0 Å². The second-order valence-electron chi connectivity index (χ2n) is 4.31. The summed E-state index contributed by atoms with van der Waals surface area (Å²) in [7, 11) is 0. The maximum Gasteiger partial charge on any atom is 0.573 e. The molecule has 1 N–H and O–H groups in total. The van der Waals surface area contributed by atoms with Crippen molar-refractivity contribution in [1.82, 2.24) is 0 Å². The number of anilines is 1. The van der Waals surface area contributed by atoms with Gasteiger partial charge in [0.25, 0.3) is 0 Å². The van der Waals surface area contributed by atoms with Crippen LogP contribution in [0.4, 0.5) is 18.9 Å². The van der Waals surface area contributed by atoms with Crippen molar-refractivity contribution in [2.75, 3.05) is 5.32 Å². The van der Waals surface area contributed by atoms with Crippen molar-refractivity contribution >= 4 is 21.6 Å². The number of benzene rings is 1. The Morgan fingerprint density at radius 3 is 2.50 bits per heavy atom. The third-order valence-electron chi connectivity index (χ3n) is 2.88. The van der Waals surface area contributed by atoms with E-state index in [4.69, 9.17) is 0 Å². The summed E-state index contributed by atoms with van der Waals surface area (Å²) < 4.78 is 41.5. The Bertz CT molecular complexity index is 416. The largest absolute Gasteiger partial charge is 0.573 e. The van der Waals surface area contributed by atoms with Crippen LogP contribution in [0.25, 0.3) is 0 Å². The van der Waals surface area contributed by atoms with E-state index in [0.29, 0.717) is 10.2 Å². The van der Waals surface area contributed by atoms with Gasteiger partial charge in [0.1, 0.15) is 0 Å². The molecular formula is C12H13BrF3NO. The summed E-state index contributed by atoms with van der Waals surface area (Å²) in [4.78, 5) is 0. The number of nitrogens with one attached hydrogen (secondary N) is 1. The van der Waals surface area contributed by atoms with E-state index in [1.54, 1.807) is 12.1 Å². The normalized spacial score (nSPS) is 16.9. The molecule has 0 aliphatic heterocycles. The van der Waals surface area contributed by atoms with E-state index in [9.17, 15) is 13.2 Å². The highest BCUT2D eigenvalue weighted by molar-refractivity contribution is 9.10. The van der Waals surface area contributed by atoms with Gasteiger partial charge in [0.05, 0.1) is 5.69 Å². The van der Waals surface area contributed by atoms with E-state index in [-0.39, 0.29) is 11.8 Å². The van der Waals surface area contributed by atoms with Gasteiger partial charge in [0.2, 0.25) is 0 Å². The van der Waals surface area contributed by atoms with Crippen LogP contribution in [0.2, 0.25) is 0 Å². The lowest BCUT2D eigenvalue weighted by Crippen LogP contribution is -2.20. The van der Waals surface area contributed by atoms with Crippen LogP contribution in [0, 0.1) is 0 Å². The number of rotatable bonds is 3. The maximum atomic E-state index is 12.3. The van der Waals surface area contributed by atoms with Crippen LogP contribution in [0.15, 0.2) is 22.7 Å². The molecule has 1 fully saturated rings. The Balaban J connectivity index is 2.16. The smallest absolute Gasteiger partial charge is 0.404 e. The quantitative estimate of drug-likeness (QED) is 0.870. The molecular weight excluding hydrogens is 311 g/mol. The summed E-state index contributed by atoms with van der Waals surface area (Å²) >= 11 is 3.14. The van der Waals surface area contributed by atoms with Gasteiger partial charge in [0, 0.05) is 10.5 Å². The number of halogens is 4. The molecule has 0 spiro atoms. The number of hydrogen-bond donors (Lipinski definition) is 1. The van der Waals surface area contributed by atoms with Crippen molar-refractivity contribution in [3.63, 3.8) is 0 Å². The molecule has 2 rings (SSSR count). The summed E-state index contributed by atoms with van der Waals surface area (Å²) in [5.41, 5.74) is 0.391. The van der Waals surface area contributed by atoms with Gasteiger partial charge in [-0.3, -0.25) is 0 Å². The van der Waals surface area contributed by atoms with E-state index >= 15 is 0 Å². The average Bonchev–Trinajstić information content (AvgIpc) is 2.72. The Kier molecular flexibility index (Phi) is 4.04. The van der Waals surface area contributed by atoms with Crippen LogP contribution in [-0.4, -0.2) is 12.4 Å². The number of alkyl halides is 3. The maximum absolute atomic E-state index is 12.3. The summed E-state index contributed by atoms with van der Waals surface area (Å²) in [6.45, 7) is 0. The fourth-order valence-corrected chi connectivity index (χ4v) is 2.45. The molecule has 1 aromatic carbocycles. The standard InChI is InChI=1S/C12H13BrF3NO/c13-8-5-6-10(17-9-3-1-2-4-9)11(7-8)18-12(14,15)16/h5-7,9,17H,1-4H2. The Morgan fingerprint density at radius 2 is 1.89 bits per heavy atom. The third kappa shape index (κ3) is 3.80. The lowest BCUT2D eigenvalue weighted by molar-refractivity contribution is -0.274. The monoisotopic (exact) mass is 323 g/mol. The summed E-state index contributed by atoms with van der Waals surface area (Å²) in [6, 6.07) is 4.86. The van der Waals surface area contributed by atoms with Crippen molar-refractivity contribution in [2.45, 2.75) is 38.1 Å². The van der Waals surface area contributed by atoms with E-state index in [1.165, 1.54) is 6.07 Å². The molecule has 0 amide bonds. The molecule has 18 heavy (non-hydrogen) atoms. The fourth-order valence-electron chi connectivity index (χ4n) is 2.11. The van der Waals surface area contributed by atoms with Crippen LogP contribution in [-0.2, 0) is 0 Å². The van der Waals surface area contributed by atoms with Crippen molar-refractivity contribution < 1.29 is 17.9 Å². The van der Waals surface area contributed by atoms with Gasteiger partial charge < -0.3 is 10.1 Å². The summed E-state index contributed by atoms with van der Waals surface area (Å²) in [5, 5.41) is 3.11. The molecule has 1 aliphatic carbocycles. The highest BCUT2D eigenvalue weighted by Crippen LogP contribution is 2.34. The topological polar surface area (TPSA) is 21.3 Å². The molecule has 100 valence electrons. The van der Waals surface area contributed by atoms with Crippen molar-refractivity contribution in [3.05, 3.63) is 22.7 Å². The van der Waals surface area contributed by atoms with Crippen molar-refractivity contribution in [2.24, 2.45) is 0 Å². The molecule has 6 heteroatoms. The number of ether oxygens (including phenoxy) is 1. The minimum atomic E-state index is -4.67. The van der Waals surface area contributed by atoms with Crippen LogP contribution < -0.4 is 10.1 Å². The first kappa shape index (κ1) is 13.5. The molecule has 1 aliphatic rings. The van der Waals surface area contributed by atoms with Gasteiger partial charge in [-0.15, -0.1) is 13.2 Å². The van der Waals surface area contributed by atoms with Gasteiger partial charge in [-0.1, -0.05) is 28.8 Å². The minimum Gasteiger partial charge on any atom is -0.404 e. The fraction of sp³-hybridized carbons (Fsp3) is 0.500. The number of hydrogen-bond acceptors (Lipinski definition) is 2. The van der Waals surface area contributed by atoms with Gasteiger partial charge >= 0.3 is 6.36 Å².